The van der Waals surface area contributed by atoms with Gasteiger partial charge in [0.2, 0.25) is 0 Å². The van der Waals surface area contributed by atoms with Crippen molar-refractivity contribution in [1.82, 2.24) is 14.4 Å². The van der Waals surface area contributed by atoms with Crippen LogP contribution in [0.1, 0.15) is 37.4 Å². The zero-order chi connectivity index (χ0) is 19.0. The number of aromatic hydroxyl groups is 1. The molecule has 1 aliphatic carbocycles. The van der Waals surface area contributed by atoms with Gasteiger partial charge in [-0.1, -0.05) is 12.1 Å². The maximum absolute atomic E-state index is 11.8. The standard InChI is InChI=1S/C20H22N4O3/c1-27-20(26)13-7-5-12(6-8-13)19-23-16(14-3-2-4-15(25)11-14)17-18(21)22-9-10-24(17)19/h2-4,9-13,25H,5-8H2,1H3,(H2,21,22)/t12-,13-. The molecule has 0 unspecified atom stereocenters. The van der Waals surface area contributed by atoms with E-state index in [1.54, 1.807) is 24.4 Å². The third kappa shape index (κ3) is 3.09. The molecule has 1 aromatic carbocycles. The fourth-order valence-electron chi connectivity index (χ4n) is 3.98. The highest BCUT2D eigenvalue weighted by Gasteiger charge is 2.30. The van der Waals surface area contributed by atoms with Crippen molar-refractivity contribution in [1.29, 1.82) is 0 Å². The number of phenols is 1. The quantitative estimate of drug-likeness (QED) is 0.690. The molecule has 140 valence electrons. The number of methoxy groups -OCH3 is 1. The van der Waals surface area contributed by atoms with Crippen molar-refractivity contribution in [2.75, 3.05) is 12.8 Å². The Morgan fingerprint density at radius 1 is 1.30 bits per heavy atom. The molecule has 7 heteroatoms. The molecule has 0 spiro atoms. The topological polar surface area (TPSA) is 103 Å². The number of hydrogen-bond acceptors (Lipinski definition) is 6. The van der Waals surface area contributed by atoms with E-state index in [4.69, 9.17) is 15.5 Å². The first-order valence-electron chi connectivity index (χ1n) is 9.08. The molecule has 0 radical (unpaired) electrons. The monoisotopic (exact) mass is 366 g/mol. The number of imidazole rings is 1. The van der Waals surface area contributed by atoms with Crippen LogP contribution in [0.2, 0.25) is 0 Å². The van der Waals surface area contributed by atoms with E-state index in [9.17, 15) is 9.90 Å². The summed E-state index contributed by atoms with van der Waals surface area (Å²) in [5.41, 5.74) is 8.41. The van der Waals surface area contributed by atoms with Crippen LogP contribution in [0, 0.1) is 5.92 Å². The first kappa shape index (κ1) is 17.3. The number of carbonyl (C=O) groups excluding carboxylic acids is 1. The van der Waals surface area contributed by atoms with E-state index in [1.165, 1.54) is 7.11 Å². The third-order valence-electron chi connectivity index (χ3n) is 5.36. The fourth-order valence-corrected chi connectivity index (χ4v) is 3.98. The highest BCUT2D eigenvalue weighted by Crippen LogP contribution is 2.39. The number of anilines is 1. The molecule has 0 saturated heterocycles. The van der Waals surface area contributed by atoms with Gasteiger partial charge in [-0.25, -0.2) is 9.97 Å². The van der Waals surface area contributed by atoms with Crippen molar-refractivity contribution in [2.45, 2.75) is 31.6 Å². The molecule has 0 bridgehead atoms. The van der Waals surface area contributed by atoms with Gasteiger partial charge in [-0.05, 0) is 37.8 Å². The minimum Gasteiger partial charge on any atom is -0.508 e. The molecular formula is C20H22N4O3. The summed E-state index contributed by atoms with van der Waals surface area (Å²) in [6.07, 6.45) is 6.83. The zero-order valence-corrected chi connectivity index (χ0v) is 15.1. The second-order valence-corrected chi connectivity index (χ2v) is 6.97. The first-order valence-corrected chi connectivity index (χ1v) is 9.08. The lowest BCUT2D eigenvalue weighted by Crippen LogP contribution is -2.23. The first-order chi connectivity index (χ1) is 13.1. The van der Waals surface area contributed by atoms with Gasteiger partial charge in [0.1, 0.15) is 28.6 Å². The van der Waals surface area contributed by atoms with Gasteiger partial charge < -0.3 is 15.6 Å². The number of rotatable bonds is 3. The number of aromatic nitrogens is 3. The number of ether oxygens (including phenoxy) is 1. The molecule has 1 saturated carbocycles. The fraction of sp³-hybridized carbons (Fsp3) is 0.350. The number of hydrogen-bond donors (Lipinski definition) is 2. The largest absolute Gasteiger partial charge is 0.508 e. The Balaban J connectivity index is 1.75. The van der Waals surface area contributed by atoms with Crippen molar-refractivity contribution in [3.8, 4) is 17.0 Å². The molecule has 2 aromatic heterocycles. The van der Waals surface area contributed by atoms with Gasteiger partial charge in [-0.15, -0.1) is 0 Å². The van der Waals surface area contributed by atoms with E-state index in [0.717, 1.165) is 42.6 Å². The lowest BCUT2D eigenvalue weighted by atomic mass is 9.81. The summed E-state index contributed by atoms with van der Waals surface area (Å²) in [5.74, 6) is 1.56. The maximum atomic E-state index is 11.8. The van der Waals surface area contributed by atoms with Gasteiger partial charge in [0.05, 0.1) is 13.0 Å². The van der Waals surface area contributed by atoms with Crippen LogP contribution in [-0.4, -0.2) is 32.6 Å². The summed E-state index contributed by atoms with van der Waals surface area (Å²) in [4.78, 5) is 20.9. The summed E-state index contributed by atoms with van der Waals surface area (Å²) in [6, 6.07) is 6.97. The molecule has 0 amide bonds. The van der Waals surface area contributed by atoms with E-state index < -0.39 is 0 Å². The Morgan fingerprint density at radius 2 is 2.07 bits per heavy atom. The van der Waals surface area contributed by atoms with Gasteiger partial charge in [-0.2, -0.15) is 0 Å². The number of carbonyl (C=O) groups is 1. The number of benzene rings is 1. The second kappa shape index (κ2) is 6.90. The molecular weight excluding hydrogens is 344 g/mol. The van der Waals surface area contributed by atoms with Gasteiger partial charge in [-0.3, -0.25) is 9.20 Å². The van der Waals surface area contributed by atoms with Crippen LogP contribution in [0.15, 0.2) is 36.7 Å². The molecule has 2 heterocycles. The smallest absolute Gasteiger partial charge is 0.308 e. The maximum Gasteiger partial charge on any atom is 0.308 e. The number of nitrogen functional groups attached to an aromatic ring is 1. The van der Waals surface area contributed by atoms with Crippen molar-refractivity contribution >= 4 is 17.3 Å². The van der Waals surface area contributed by atoms with Crippen LogP contribution in [0.4, 0.5) is 5.82 Å². The van der Waals surface area contributed by atoms with E-state index in [0.29, 0.717) is 11.5 Å². The number of fused-ring (bicyclic) bond motifs is 1. The van der Waals surface area contributed by atoms with E-state index >= 15 is 0 Å². The summed E-state index contributed by atoms with van der Waals surface area (Å²) in [5, 5.41) is 9.85. The number of phenolic OH excluding ortho intramolecular Hbond substituents is 1. The zero-order valence-electron chi connectivity index (χ0n) is 15.1. The van der Waals surface area contributed by atoms with E-state index in [-0.39, 0.29) is 23.6 Å². The third-order valence-corrected chi connectivity index (χ3v) is 5.36. The molecule has 1 aliphatic rings. The Labute approximate surface area is 156 Å². The molecule has 0 atom stereocenters. The minimum absolute atomic E-state index is 0.0326. The molecule has 7 nitrogen and oxygen atoms in total. The molecule has 4 rings (SSSR count). The van der Waals surface area contributed by atoms with Gasteiger partial charge in [0, 0.05) is 23.9 Å². The Morgan fingerprint density at radius 3 is 2.78 bits per heavy atom. The molecule has 3 aromatic rings. The number of nitrogens with zero attached hydrogens (tertiary/aromatic N) is 3. The second-order valence-electron chi connectivity index (χ2n) is 6.97. The lowest BCUT2D eigenvalue weighted by Gasteiger charge is -2.26. The van der Waals surface area contributed by atoms with Crippen LogP contribution < -0.4 is 5.73 Å². The highest BCUT2D eigenvalue weighted by molar-refractivity contribution is 5.85. The average molecular weight is 366 g/mol. The molecule has 3 N–H and O–H groups in total. The predicted molar refractivity (Wildman–Crippen MR) is 101 cm³/mol. The summed E-state index contributed by atoms with van der Waals surface area (Å²) in [6.45, 7) is 0. The summed E-state index contributed by atoms with van der Waals surface area (Å²) < 4.78 is 6.87. The minimum atomic E-state index is -0.129. The van der Waals surface area contributed by atoms with Crippen LogP contribution in [0.3, 0.4) is 0 Å². The number of nitrogens with two attached hydrogens (primary N) is 1. The Bertz CT molecular complexity index is 990. The average Bonchev–Trinajstić information content (AvgIpc) is 3.08. The van der Waals surface area contributed by atoms with Gasteiger partial charge in [0.15, 0.2) is 0 Å². The van der Waals surface area contributed by atoms with Crippen molar-refractivity contribution < 1.29 is 14.6 Å². The number of esters is 1. The highest BCUT2D eigenvalue weighted by atomic mass is 16.5. The predicted octanol–water partition coefficient (Wildman–Crippen LogP) is 3.13. The Kier molecular flexibility index (Phi) is 4.43. The van der Waals surface area contributed by atoms with E-state index in [2.05, 4.69) is 4.98 Å². The molecule has 27 heavy (non-hydrogen) atoms. The van der Waals surface area contributed by atoms with Crippen molar-refractivity contribution in [3.63, 3.8) is 0 Å². The van der Waals surface area contributed by atoms with Crippen molar-refractivity contribution in [3.05, 3.63) is 42.5 Å². The summed E-state index contributed by atoms with van der Waals surface area (Å²) >= 11 is 0. The SMILES string of the molecule is COC(=O)[C@H]1CC[C@H](c2nc(-c3cccc(O)c3)c3c(N)nccn32)CC1. The summed E-state index contributed by atoms with van der Waals surface area (Å²) in [7, 11) is 1.44. The van der Waals surface area contributed by atoms with Crippen LogP contribution >= 0.6 is 0 Å². The van der Waals surface area contributed by atoms with Crippen LogP contribution in [0.5, 0.6) is 5.75 Å². The van der Waals surface area contributed by atoms with Crippen molar-refractivity contribution in [2.24, 2.45) is 5.92 Å². The molecule has 1 fully saturated rings. The molecule has 0 aliphatic heterocycles. The van der Waals surface area contributed by atoms with Crippen LogP contribution in [-0.2, 0) is 9.53 Å². The van der Waals surface area contributed by atoms with Gasteiger partial charge in [0.25, 0.3) is 0 Å². The van der Waals surface area contributed by atoms with Crippen LogP contribution in [0.25, 0.3) is 16.8 Å². The van der Waals surface area contributed by atoms with E-state index in [1.807, 2.05) is 16.7 Å². The lowest BCUT2D eigenvalue weighted by molar-refractivity contribution is -0.146. The normalized spacial score (nSPS) is 19.9. The Hall–Kier alpha value is -3.09. The van der Waals surface area contributed by atoms with Gasteiger partial charge >= 0.3 is 5.97 Å².